The number of halogens is 4. The van der Waals surface area contributed by atoms with Crippen LogP contribution in [0.5, 0.6) is 0 Å². The van der Waals surface area contributed by atoms with Crippen molar-refractivity contribution in [1.82, 2.24) is 14.8 Å². The molecule has 0 saturated heterocycles. The first kappa shape index (κ1) is 22.9. The average Bonchev–Trinajstić information content (AvgIpc) is 3.50. The number of alkyl halides is 3. The molecule has 0 radical (unpaired) electrons. The van der Waals surface area contributed by atoms with Gasteiger partial charge in [-0.25, -0.2) is 14.7 Å². The normalized spacial score (nSPS) is 15.5. The molecule has 1 unspecified atom stereocenters. The van der Waals surface area contributed by atoms with Crippen LogP contribution in [0.4, 0.5) is 18.9 Å². The van der Waals surface area contributed by atoms with E-state index in [0.717, 1.165) is 16.8 Å². The number of aromatic nitrogens is 3. The van der Waals surface area contributed by atoms with E-state index in [1.165, 1.54) is 23.1 Å². The summed E-state index contributed by atoms with van der Waals surface area (Å²) in [5.74, 6) is 0.494. The lowest BCUT2D eigenvalue weighted by molar-refractivity contribution is -0.127. The number of aliphatic imine (C=N–C) groups is 1. The molecule has 3 aromatic carbocycles. The molecule has 0 saturated carbocycles. The van der Waals surface area contributed by atoms with Crippen molar-refractivity contribution in [2.75, 3.05) is 11.9 Å². The van der Waals surface area contributed by atoms with Crippen LogP contribution in [0.15, 0.2) is 84.1 Å². The highest BCUT2D eigenvalue weighted by atomic mass is 35.5. The van der Waals surface area contributed by atoms with E-state index >= 15 is 0 Å². The van der Waals surface area contributed by atoms with Crippen molar-refractivity contribution in [3.63, 3.8) is 0 Å². The maximum atomic E-state index is 12.5. The van der Waals surface area contributed by atoms with Crippen LogP contribution in [-0.2, 0) is 11.2 Å². The lowest BCUT2D eigenvalue weighted by atomic mass is 10.1. The Morgan fingerprint density at radius 1 is 0.971 bits per heavy atom. The van der Waals surface area contributed by atoms with E-state index in [1.54, 1.807) is 12.1 Å². The Morgan fingerprint density at radius 2 is 1.69 bits per heavy atom. The second-order valence-corrected chi connectivity index (χ2v) is 8.42. The molecule has 35 heavy (non-hydrogen) atoms. The molecule has 1 aliphatic heterocycles. The lowest BCUT2D eigenvalue weighted by Gasteiger charge is -2.07. The van der Waals surface area contributed by atoms with Gasteiger partial charge in [-0.3, -0.25) is 0 Å². The van der Waals surface area contributed by atoms with Crippen LogP contribution in [0, 0.1) is 0 Å². The molecule has 1 aliphatic rings. The summed E-state index contributed by atoms with van der Waals surface area (Å²) in [5.41, 5.74) is 3.43. The van der Waals surface area contributed by atoms with E-state index in [1.807, 2.05) is 48.5 Å². The van der Waals surface area contributed by atoms with Crippen molar-refractivity contribution in [3.8, 4) is 17.1 Å². The van der Waals surface area contributed by atoms with Crippen LogP contribution in [0.2, 0.25) is 5.02 Å². The second kappa shape index (κ2) is 9.42. The van der Waals surface area contributed by atoms with E-state index in [4.69, 9.17) is 16.3 Å². The summed E-state index contributed by atoms with van der Waals surface area (Å²) in [6.45, 7) is 0.445. The third-order valence-electron chi connectivity index (χ3n) is 5.40. The summed E-state index contributed by atoms with van der Waals surface area (Å²) in [5, 5.41) is 8.28. The Labute approximate surface area is 204 Å². The Morgan fingerprint density at radius 3 is 2.37 bits per heavy atom. The van der Waals surface area contributed by atoms with Crippen molar-refractivity contribution < 1.29 is 17.9 Å². The van der Waals surface area contributed by atoms with Gasteiger partial charge in [0.25, 0.3) is 6.02 Å². The zero-order valence-electron chi connectivity index (χ0n) is 18.2. The number of anilines is 1. The molecule has 1 N–H and O–H groups in total. The SMILES string of the molecule is FC(F)(F)Cc1ccc(-n2cnc(-c3ccc(NC4=NC(c5ccc(Cl)cc5)CO4)cc3)n2)cc1. The maximum Gasteiger partial charge on any atom is 0.393 e. The van der Waals surface area contributed by atoms with Gasteiger partial charge in [0.2, 0.25) is 0 Å². The fraction of sp³-hybridized carbons (Fsp3) is 0.160. The molecule has 4 aromatic rings. The van der Waals surface area contributed by atoms with Gasteiger partial charge in [0.1, 0.15) is 19.0 Å². The van der Waals surface area contributed by atoms with Crippen molar-refractivity contribution in [3.05, 3.63) is 95.3 Å². The van der Waals surface area contributed by atoms with Crippen LogP contribution in [0.25, 0.3) is 17.1 Å². The minimum atomic E-state index is -4.24. The zero-order chi connectivity index (χ0) is 24.4. The maximum absolute atomic E-state index is 12.5. The summed E-state index contributed by atoms with van der Waals surface area (Å²) < 4.78 is 44.8. The van der Waals surface area contributed by atoms with Gasteiger partial charge >= 0.3 is 6.18 Å². The number of rotatable bonds is 5. The van der Waals surface area contributed by atoms with Gasteiger partial charge in [-0.05, 0) is 59.7 Å². The lowest BCUT2D eigenvalue weighted by Crippen LogP contribution is -2.11. The fourth-order valence-electron chi connectivity index (χ4n) is 3.64. The van der Waals surface area contributed by atoms with Crippen molar-refractivity contribution in [2.45, 2.75) is 18.6 Å². The molecule has 2 heterocycles. The topological polar surface area (TPSA) is 64.3 Å². The third kappa shape index (κ3) is 5.63. The smallest absolute Gasteiger partial charge is 0.393 e. The number of benzene rings is 3. The van der Waals surface area contributed by atoms with Gasteiger partial charge in [0.05, 0.1) is 12.1 Å². The molecule has 6 nitrogen and oxygen atoms in total. The highest BCUT2D eigenvalue weighted by Gasteiger charge is 2.27. The number of ether oxygens (including phenoxy) is 1. The predicted molar refractivity (Wildman–Crippen MR) is 128 cm³/mol. The minimum absolute atomic E-state index is 0.0928. The fourth-order valence-corrected chi connectivity index (χ4v) is 3.77. The van der Waals surface area contributed by atoms with Crippen LogP contribution in [-0.4, -0.2) is 33.6 Å². The molecule has 0 spiro atoms. The average molecular weight is 498 g/mol. The zero-order valence-corrected chi connectivity index (χ0v) is 19.0. The molecule has 5 rings (SSSR count). The molecule has 10 heteroatoms. The second-order valence-electron chi connectivity index (χ2n) is 7.99. The molecule has 1 aromatic heterocycles. The molecule has 178 valence electrons. The number of nitrogens with zero attached hydrogens (tertiary/aromatic N) is 4. The van der Waals surface area contributed by atoms with Crippen LogP contribution >= 0.6 is 11.6 Å². The Kier molecular flexibility index (Phi) is 6.17. The number of hydrogen-bond acceptors (Lipinski definition) is 5. The number of nitrogens with one attached hydrogen (secondary N) is 1. The van der Waals surface area contributed by atoms with Crippen molar-refractivity contribution >= 4 is 23.3 Å². The molecular formula is C25H19ClF3N5O. The van der Waals surface area contributed by atoms with E-state index < -0.39 is 12.6 Å². The molecule has 1 atom stereocenters. The Balaban J connectivity index is 1.23. The summed E-state index contributed by atoms with van der Waals surface area (Å²) in [6, 6.07) is 21.4. The third-order valence-corrected chi connectivity index (χ3v) is 5.65. The van der Waals surface area contributed by atoms with E-state index in [0.29, 0.717) is 29.2 Å². The van der Waals surface area contributed by atoms with Crippen molar-refractivity contribution in [1.29, 1.82) is 0 Å². The Bertz CT molecular complexity index is 1330. The van der Waals surface area contributed by atoms with Crippen LogP contribution < -0.4 is 5.32 Å². The molecule has 0 fully saturated rings. The van der Waals surface area contributed by atoms with Gasteiger partial charge < -0.3 is 10.1 Å². The number of hydrogen-bond donors (Lipinski definition) is 1. The highest BCUT2D eigenvalue weighted by Crippen LogP contribution is 2.26. The number of amidine groups is 1. The summed E-state index contributed by atoms with van der Waals surface area (Å²) in [4.78, 5) is 8.90. The van der Waals surface area contributed by atoms with E-state index in [2.05, 4.69) is 20.4 Å². The van der Waals surface area contributed by atoms with Gasteiger partial charge in [-0.2, -0.15) is 13.2 Å². The molecule has 0 amide bonds. The van der Waals surface area contributed by atoms with Gasteiger partial charge in [0.15, 0.2) is 5.82 Å². The van der Waals surface area contributed by atoms with Gasteiger partial charge in [-0.15, -0.1) is 5.10 Å². The highest BCUT2D eigenvalue weighted by molar-refractivity contribution is 6.30. The standard InChI is InChI=1S/C25H19ClF3N5O/c26-19-7-3-17(4-8-19)22-14-35-24(32-22)31-20-9-5-18(6-10-20)23-30-15-34(33-23)21-11-1-16(2-12-21)13-25(27,28)29/h1-12,15,22H,13-14H2,(H,31,32). The molecular weight excluding hydrogens is 479 g/mol. The summed E-state index contributed by atoms with van der Waals surface area (Å²) in [7, 11) is 0. The minimum Gasteiger partial charge on any atom is -0.462 e. The quantitative estimate of drug-likeness (QED) is 0.355. The predicted octanol–water partition coefficient (Wildman–Crippen LogP) is 6.23. The Hall–Kier alpha value is -3.85. The largest absolute Gasteiger partial charge is 0.462 e. The van der Waals surface area contributed by atoms with Crippen molar-refractivity contribution in [2.24, 2.45) is 4.99 Å². The first-order valence-electron chi connectivity index (χ1n) is 10.7. The molecule has 0 aliphatic carbocycles. The first-order chi connectivity index (χ1) is 16.8. The summed E-state index contributed by atoms with van der Waals surface area (Å²) in [6.07, 6.45) is -3.67. The van der Waals surface area contributed by atoms with E-state index in [-0.39, 0.29) is 11.6 Å². The van der Waals surface area contributed by atoms with Crippen LogP contribution in [0.3, 0.4) is 0 Å². The van der Waals surface area contributed by atoms with Gasteiger partial charge in [0, 0.05) is 16.3 Å². The van der Waals surface area contributed by atoms with Crippen LogP contribution in [0.1, 0.15) is 17.2 Å². The van der Waals surface area contributed by atoms with E-state index in [9.17, 15) is 13.2 Å². The first-order valence-corrected chi connectivity index (χ1v) is 11.1. The van der Waals surface area contributed by atoms with Gasteiger partial charge in [-0.1, -0.05) is 35.9 Å². The summed E-state index contributed by atoms with van der Waals surface area (Å²) >= 11 is 5.94. The molecule has 0 bridgehead atoms. The monoisotopic (exact) mass is 497 g/mol.